The van der Waals surface area contributed by atoms with Crippen molar-refractivity contribution < 1.29 is 9.21 Å². The number of rotatable bonds is 5. The number of nitrogens with zero attached hydrogens (tertiary/aromatic N) is 3. The van der Waals surface area contributed by atoms with Crippen molar-refractivity contribution >= 4 is 11.8 Å². The Morgan fingerprint density at radius 1 is 1.25 bits per heavy atom. The van der Waals surface area contributed by atoms with E-state index in [1.165, 1.54) is 0 Å². The molecule has 3 aromatic heterocycles. The largest absolute Gasteiger partial charge is 0.464 e. The molecule has 7 nitrogen and oxygen atoms in total. The molecule has 2 N–H and O–H groups in total. The second-order valence-electron chi connectivity index (χ2n) is 5.46. The van der Waals surface area contributed by atoms with Crippen molar-refractivity contribution in [1.29, 1.82) is 0 Å². The molecule has 1 unspecified atom stereocenters. The molecule has 0 saturated carbocycles. The first-order chi connectivity index (χ1) is 11.6. The maximum absolute atomic E-state index is 12.2. The van der Waals surface area contributed by atoms with E-state index in [0.29, 0.717) is 12.4 Å². The average Bonchev–Trinajstić information content (AvgIpc) is 3.18. The summed E-state index contributed by atoms with van der Waals surface area (Å²) in [7, 11) is 0. The van der Waals surface area contributed by atoms with Gasteiger partial charge in [0.15, 0.2) is 0 Å². The van der Waals surface area contributed by atoms with Crippen LogP contribution in [0.4, 0.5) is 10.6 Å². The molecule has 0 aromatic carbocycles. The van der Waals surface area contributed by atoms with Crippen LogP contribution >= 0.6 is 0 Å². The number of nitrogens with one attached hydrogen (secondary N) is 2. The zero-order chi connectivity index (χ0) is 16.9. The summed E-state index contributed by atoms with van der Waals surface area (Å²) in [5, 5.41) is 9.86. The number of carbonyl (C=O) groups is 1. The molecule has 24 heavy (non-hydrogen) atoms. The van der Waals surface area contributed by atoms with Gasteiger partial charge in [-0.15, -0.1) is 0 Å². The molecule has 3 rings (SSSR count). The number of urea groups is 1. The molecule has 124 valence electrons. The molecule has 0 aliphatic rings. The lowest BCUT2D eigenvalue weighted by Crippen LogP contribution is -2.32. The Balaban J connectivity index is 1.62. The first-order valence-electron chi connectivity index (χ1n) is 7.67. The lowest BCUT2D eigenvalue weighted by molar-refractivity contribution is 0.249. The van der Waals surface area contributed by atoms with Crippen LogP contribution < -0.4 is 10.6 Å². The minimum Gasteiger partial charge on any atom is -0.464 e. The molecule has 0 aliphatic carbocycles. The number of amides is 2. The van der Waals surface area contributed by atoms with Crippen LogP contribution in [0.15, 0.2) is 53.2 Å². The van der Waals surface area contributed by atoms with Crippen LogP contribution in [0.2, 0.25) is 0 Å². The first-order valence-corrected chi connectivity index (χ1v) is 7.67. The maximum atomic E-state index is 12.2. The van der Waals surface area contributed by atoms with Gasteiger partial charge in [-0.2, -0.15) is 5.10 Å². The molecular weight excluding hydrogens is 306 g/mol. The van der Waals surface area contributed by atoms with Gasteiger partial charge < -0.3 is 9.73 Å². The molecule has 3 heterocycles. The van der Waals surface area contributed by atoms with Gasteiger partial charge in [0, 0.05) is 12.3 Å². The first kappa shape index (κ1) is 15.8. The average molecular weight is 325 g/mol. The zero-order valence-corrected chi connectivity index (χ0v) is 13.6. The highest BCUT2D eigenvalue weighted by Gasteiger charge is 2.13. The van der Waals surface area contributed by atoms with E-state index in [4.69, 9.17) is 4.42 Å². The fraction of sp³-hybridized carbons (Fsp3) is 0.235. The molecule has 2 amide bonds. The molecular formula is C17H19N5O2. The van der Waals surface area contributed by atoms with Crippen LogP contribution in [0.3, 0.4) is 0 Å². The van der Waals surface area contributed by atoms with Crippen LogP contribution in [0, 0.1) is 6.92 Å². The van der Waals surface area contributed by atoms with Gasteiger partial charge in [0.25, 0.3) is 0 Å². The van der Waals surface area contributed by atoms with E-state index in [9.17, 15) is 4.79 Å². The van der Waals surface area contributed by atoms with Crippen molar-refractivity contribution in [2.45, 2.75) is 26.4 Å². The molecule has 0 fully saturated rings. The van der Waals surface area contributed by atoms with E-state index in [2.05, 4.69) is 20.7 Å². The summed E-state index contributed by atoms with van der Waals surface area (Å²) in [6, 6.07) is 10.6. The van der Waals surface area contributed by atoms with E-state index >= 15 is 0 Å². The lowest BCUT2D eigenvalue weighted by atomic mass is 10.2. The summed E-state index contributed by atoms with van der Waals surface area (Å²) in [6.45, 7) is 4.22. The van der Waals surface area contributed by atoms with Crippen LogP contribution in [-0.2, 0) is 6.54 Å². The minimum atomic E-state index is -0.314. The molecule has 0 aliphatic heterocycles. The number of carbonyl (C=O) groups excluding carboxylic acids is 1. The van der Waals surface area contributed by atoms with E-state index in [0.717, 1.165) is 17.2 Å². The van der Waals surface area contributed by atoms with Crippen molar-refractivity contribution in [3.05, 3.63) is 66.0 Å². The van der Waals surface area contributed by atoms with Gasteiger partial charge in [-0.25, -0.2) is 9.48 Å². The quantitative estimate of drug-likeness (QED) is 0.755. The van der Waals surface area contributed by atoms with Gasteiger partial charge in [0.1, 0.15) is 23.9 Å². The molecule has 0 spiro atoms. The number of hydrogen-bond acceptors (Lipinski definition) is 4. The Bertz CT molecular complexity index is 809. The SMILES string of the molecule is Cc1ccc(Cn2nccc2NC(=O)NC(C)c2ccccn2)o1. The Hall–Kier alpha value is -3.09. The van der Waals surface area contributed by atoms with Crippen LogP contribution in [0.1, 0.15) is 30.2 Å². The second kappa shape index (κ2) is 6.99. The molecule has 3 aromatic rings. The molecule has 0 radical (unpaired) electrons. The van der Waals surface area contributed by atoms with Gasteiger partial charge in [-0.3, -0.25) is 10.3 Å². The third kappa shape index (κ3) is 3.81. The summed E-state index contributed by atoms with van der Waals surface area (Å²) in [4.78, 5) is 16.4. The van der Waals surface area contributed by atoms with Gasteiger partial charge in [0.2, 0.25) is 0 Å². The van der Waals surface area contributed by atoms with Gasteiger partial charge in [0.05, 0.1) is 17.9 Å². The maximum Gasteiger partial charge on any atom is 0.320 e. The summed E-state index contributed by atoms with van der Waals surface area (Å²) >= 11 is 0. The van der Waals surface area contributed by atoms with Crippen molar-refractivity contribution in [2.24, 2.45) is 0 Å². The number of pyridine rings is 1. The van der Waals surface area contributed by atoms with E-state index in [1.807, 2.05) is 44.2 Å². The van der Waals surface area contributed by atoms with Crippen LogP contribution in [-0.4, -0.2) is 20.8 Å². The monoisotopic (exact) mass is 325 g/mol. The van der Waals surface area contributed by atoms with E-state index in [1.54, 1.807) is 23.1 Å². The lowest BCUT2D eigenvalue weighted by Gasteiger charge is -2.14. The topological polar surface area (TPSA) is 85.0 Å². The normalized spacial score (nSPS) is 11.9. The smallest absolute Gasteiger partial charge is 0.320 e. The minimum absolute atomic E-state index is 0.199. The Kier molecular flexibility index (Phi) is 4.60. The van der Waals surface area contributed by atoms with Crippen LogP contribution in [0.25, 0.3) is 0 Å². The summed E-state index contributed by atoms with van der Waals surface area (Å²) in [6.07, 6.45) is 3.33. The van der Waals surface area contributed by atoms with E-state index in [-0.39, 0.29) is 12.1 Å². The number of furan rings is 1. The highest BCUT2D eigenvalue weighted by Crippen LogP contribution is 2.13. The predicted molar refractivity (Wildman–Crippen MR) is 89.6 cm³/mol. The summed E-state index contributed by atoms with van der Waals surface area (Å²) in [5.74, 6) is 2.21. The van der Waals surface area contributed by atoms with Crippen molar-refractivity contribution in [2.75, 3.05) is 5.32 Å². The fourth-order valence-corrected chi connectivity index (χ4v) is 2.34. The summed E-state index contributed by atoms with van der Waals surface area (Å²) < 4.78 is 7.21. The molecule has 0 bridgehead atoms. The third-order valence-electron chi connectivity index (χ3n) is 3.54. The Morgan fingerprint density at radius 2 is 2.12 bits per heavy atom. The summed E-state index contributed by atoms with van der Waals surface area (Å²) in [5.41, 5.74) is 0.798. The Morgan fingerprint density at radius 3 is 2.83 bits per heavy atom. The highest BCUT2D eigenvalue weighted by molar-refractivity contribution is 5.88. The molecule has 7 heteroatoms. The van der Waals surface area contributed by atoms with Gasteiger partial charge in [-0.05, 0) is 38.1 Å². The van der Waals surface area contributed by atoms with Gasteiger partial charge >= 0.3 is 6.03 Å². The number of hydrogen-bond donors (Lipinski definition) is 2. The second-order valence-corrected chi connectivity index (χ2v) is 5.46. The number of anilines is 1. The van der Waals surface area contributed by atoms with Crippen molar-refractivity contribution in [1.82, 2.24) is 20.1 Å². The zero-order valence-electron chi connectivity index (χ0n) is 13.6. The third-order valence-corrected chi connectivity index (χ3v) is 3.54. The van der Waals surface area contributed by atoms with Crippen LogP contribution in [0.5, 0.6) is 0 Å². The van der Waals surface area contributed by atoms with Gasteiger partial charge in [-0.1, -0.05) is 6.07 Å². The van der Waals surface area contributed by atoms with E-state index < -0.39 is 0 Å². The molecule has 1 atom stereocenters. The predicted octanol–water partition coefficient (Wildman–Crippen LogP) is 3.11. The van der Waals surface area contributed by atoms with Crippen molar-refractivity contribution in [3.8, 4) is 0 Å². The Labute approximate surface area is 139 Å². The fourth-order valence-electron chi connectivity index (χ4n) is 2.34. The standard InChI is InChI=1S/C17H19N5O2/c1-12-6-7-14(24-12)11-22-16(8-10-19-22)21-17(23)20-13(2)15-5-3-4-9-18-15/h3-10,13H,11H2,1-2H3,(H2,20,21,23). The highest BCUT2D eigenvalue weighted by atomic mass is 16.3. The molecule has 0 saturated heterocycles. The number of aryl methyl sites for hydroxylation is 1. The number of aromatic nitrogens is 3. The van der Waals surface area contributed by atoms with Crippen molar-refractivity contribution in [3.63, 3.8) is 0 Å².